The number of aromatic nitrogens is 3. The van der Waals surface area contributed by atoms with E-state index in [1.165, 1.54) is 6.07 Å². The molecule has 0 bridgehead atoms. The van der Waals surface area contributed by atoms with Crippen molar-refractivity contribution in [2.75, 3.05) is 0 Å². The monoisotopic (exact) mass is 321 g/mol. The van der Waals surface area contributed by atoms with Gasteiger partial charge in [0.05, 0.1) is 22.4 Å². The van der Waals surface area contributed by atoms with Crippen LogP contribution in [0.4, 0.5) is 4.39 Å². The summed E-state index contributed by atoms with van der Waals surface area (Å²) in [7, 11) is 0. The molecule has 112 valence electrons. The molecule has 0 atom stereocenters. The highest BCUT2D eigenvalue weighted by Gasteiger charge is 2.10. The number of hydrogen-bond acceptors (Lipinski definition) is 4. The average molecular weight is 321 g/mol. The van der Waals surface area contributed by atoms with E-state index in [4.69, 9.17) is 0 Å². The van der Waals surface area contributed by atoms with Crippen LogP contribution in [0.5, 0.6) is 0 Å². The molecule has 0 fully saturated rings. The second-order valence-corrected chi connectivity index (χ2v) is 6.01. The minimum atomic E-state index is -0.210. The van der Waals surface area contributed by atoms with Crippen molar-refractivity contribution in [3.63, 3.8) is 0 Å². The van der Waals surface area contributed by atoms with Crippen molar-refractivity contribution in [3.05, 3.63) is 65.0 Å². The van der Waals surface area contributed by atoms with Crippen LogP contribution in [0.1, 0.15) is 5.56 Å². The van der Waals surface area contributed by atoms with E-state index >= 15 is 0 Å². The molecular formula is C18H12FN3S. The van der Waals surface area contributed by atoms with Crippen molar-refractivity contribution >= 4 is 22.2 Å². The highest BCUT2D eigenvalue weighted by Crippen LogP contribution is 2.29. The first-order valence-corrected chi connectivity index (χ1v) is 8.06. The van der Waals surface area contributed by atoms with Crippen LogP contribution >= 0.6 is 11.3 Å². The van der Waals surface area contributed by atoms with Crippen LogP contribution in [0.2, 0.25) is 0 Å². The van der Waals surface area contributed by atoms with Crippen molar-refractivity contribution < 1.29 is 4.39 Å². The summed E-state index contributed by atoms with van der Waals surface area (Å²) in [5.74, 6) is -0.210. The second-order valence-electron chi connectivity index (χ2n) is 5.29. The molecule has 0 N–H and O–H groups in total. The molecule has 3 nitrogen and oxygen atoms in total. The molecule has 4 aromatic rings. The fraction of sp³-hybridized carbons (Fsp3) is 0.0556. The third kappa shape index (κ3) is 2.49. The number of halogens is 1. The number of rotatable bonds is 2. The second kappa shape index (κ2) is 5.52. The van der Waals surface area contributed by atoms with Crippen molar-refractivity contribution in [2.45, 2.75) is 6.92 Å². The largest absolute Gasteiger partial charge is 0.245 e. The Morgan fingerprint density at radius 3 is 2.61 bits per heavy atom. The number of nitrogens with zero attached hydrogens (tertiary/aromatic N) is 3. The SMILES string of the molecule is Cc1cc(-c2ncnc3cc(-c4cscn4)ccc23)ccc1F. The third-order valence-electron chi connectivity index (χ3n) is 3.80. The van der Waals surface area contributed by atoms with Crippen molar-refractivity contribution in [1.29, 1.82) is 0 Å². The molecule has 0 spiro atoms. The summed E-state index contributed by atoms with van der Waals surface area (Å²) in [4.78, 5) is 13.1. The Balaban J connectivity index is 1.89. The first kappa shape index (κ1) is 14.0. The van der Waals surface area contributed by atoms with Crippen LogP contribution in [0.25, 0.3) is 33.4 Å². The lowest BCUT2D eigenvalue weighted by Gasteiger charge is -2.07. The summed E-state index contributed by atoms with van der Waals surface area (Å²) in [6, 6.07) is 11.1. The normalized spacial score (nSPS) is 11.0. The van der Waals surface area contributed by atoms with Gasteiger partial charge in [-0.05, 0) is 42.8 Å². The van der Waals surface area contributed by atoms with E-state index in [1.54, 1.807) is 30.7 Å². The van der Waals surface area contributed by atoms with Crippen LogP contribution in [0, 0.1) is 12.7 Å². The van der Waals surface area contributed by atoms with E-state index in [-0.39, 0.29) is 5.82 Å². The van der Waals surface area contributed by atoms with Gasteiger partial charge in [0.15, 0.2) is 0 Å². The summed E-state index contributed by atoms with van der Waals surface area (Å²) in [6.07, 6.45) is 1.54. The Kier molecular flexibility index (Phi) is 3.35. The van der Waals surface area contributed by atoms with Gasteiger partial charge in [-0.1, -0.05) is 6.07 Å². The lowest BCUT2D eigenvalue weighted by Crippen LogP contribution is -1.91. The molecule has 4 rings (SSSR count). The molecule has 5 heteroatoms. The van der Waals surface area contributed by atoms with E-state index in [0.29, 0.717) is 5.56 Å². The van der Waals surface area contributed by atoms with E-state index in [0.717, 1.165) is 33.4 Å². The predicted octanol–water partition coefficient (Wildman–Crippen LogP) is 4.87. The van der Waals surface area contributed by atoms with Gasteiger partial charge in [-0.25, -0.2) is 19.3 Å². The average Bonchev–Trinajstić information content (AvgIpc) is 3.11. The standard InChI is InChI=1S/C18H12FN3S/c1-11-6-13(3-5-15(11)19)18-14-4-2-12(17-8-23-10-22-17)7-16(14)20-9-21-18/h2-10H,1H3. The van der Waals surface area contributed by atoms with Gasteiger partial charge in [-0.3, -0.25) is 0 Å². The molecule has 0 aliphatic carbocycles. The topological polar surface area (TPSA) is 38.7 Å². The highest BCUT2D eigenvalue weighted by atomic mass is 32.1. The third-order valence-corrected chi connectivity index (χ3v) is 4.38. The minimum Gasteiger partial charge on any atom is -0.245 e. The van der Waals surface area contributed by atoms with Gasteiger partial charge in [0.25, 0.3) is 0 Å². The molecule has 0 saturated heterocycles. The zero-order chi connectivity index (χ0) is 15.8. The zero-order valence-electron chi connectivity index (χ0n) is 12.3. The van der Waals surface area contributed by atoms with Crippen molar-refractivity contribution in [2.24, 2.45) is 0 Å². The predicted molar refractivity (Wildman–Crippen MR) is 90.8 cm³/mol. The van der Waals surface area contributed by atoms with E-state index in [9.17, 15) is 4.39 Å². The zero-order valence-corrected chi connectivity index (χ0v) is 13.1. The lowest BCUT2D eigenvalue weighted by atomic mass is 10.0. The van der Waals surface area contributed by atoms with Crippen LogP contribution in [0.3, 0.4) is 0 Å². The summed E-state index contributed by atoms with van der Waals surface area (Å²) >= 11 is 1.56. The summed E-state index contributed by atoms with van der Waals surface area (Å²) in [6.45, 7) is 1.75. The number of aryl methyl sites for hydroxylation is 1. The first-order chi connectivity index (χ1) is 11.2. The molecule has 0 aliphatic rings. The molecule has 0 amide bonds. The van der Waals surface area contributed by atoms with Gasteiger partial charge in [-0.15, -0.1) is 11.3 Å². The van der Waals surface area contributed by atoms with Crippen LogP contribution in [-0.4, -0.2) is 15.0 Å². The lowest BCUT2D eigenvalue weighted by molar-refractivity contribution is 0.619. The number of benzene rings is 2. The maximum atomic E-state index is 13.5. The molecule has 0 aliphatic heterocycles. The molecular weight excluding hydrogens is 309 g/mol. The van der Waals surface area contributed by atoms with Crippen molar-refractivity contribution in [1.82, 2.24) is 15.0 Å². The molecule has 2 heterocycles. The van der Waals surface area contributed by atoms with Gasteiger partial charge >= 0.3 is 0 Å². The molecule has 0 unspecified atom stereocenters. The molecule has 0 saturated carbocycles. The Labute approximate surface area is 136 Å². The van der Waals surface area contributed by atoms with Crippen molar-refractivity contribution in [3.8, 4) is 22.5 Å². The van der Waals surface area contributed by atoms with Gasteiger partial charge in [0.1, 0.15) is 12.1 Å². The number of fused-ring (bicyclic) bond motifs is 1. The first-order valence-electron chi connectivity index (χ1n) is 7.12. The number of hydrogen-bond donors (Lipinski definition) is 0. The Morgan fingerprint density at radius 1 is 0.957 bits per heavy atom. The summed E-state index contributed by atoms with van der Waals surface area (Å²) in [5, 5.41) is 2.95. The maximum Gasteiger partial charge on any atom is 0.126 e. The Hall–Kier alpha value is -2.66. The maximum absolute atomic E-state index is 13.5. The van der Waals surface area contributed by atoms with E-state index in [1.807, 2.05) is 35.2 Å². The smallest absolute Gasteiger partial charge is 0.126 e. The minimum absolute atomic E-state index is 0.210. The molecule has 2 aromatic carbocycles. The quantitative estimate of drug-likeness (QED) is 0.529. The van der Waals surface area contributed by atoms with Crippen LogP contribution < -0.4 is 0 Å². The molecule has 0 radical (unpaired) electrons. The fourth-order valence-electron chi connectivity index (χ4n) is 2.59. The Bertz CT molecular complexity index is 997. The summed E-state index contributed by atoms with van der Waals surface area (Å²) in [5.41, 5.74) is 6.93. The Morgan fingerprint density at radius 2 is 1.83 bits per heavy atom. The van der Waals surface area contributed by atoms with Gasteiger partial charge in [0, 0.05) is 21.9 Å². The van der Waals surface area contributed by atoms with Crippen LogP contribution in [0.15, 0.2) is 53.6 Å². The molecule has 2 aromatic heterocycles. The summed E-state index contributed by atoms with van der Waals surface area (Å²) < 4.78 is 13.5. The van der Waals surface area contributed by atoms with Gasteiger partial charge in [0.2, 0.25) is 0 Å². The van der Waals surface area contributed by atoms with Gasteiger partial charge < -0.3 is 0 Å². The highest BCUT2D eigenvalue weighted by molar-refractivity contribution is 7.07. The van der Waals surface area contributed by atoms with Crippen LogP contribution in [-0.2, 0) is 0 Å². The number of thiazole rings is 1. The van der Waals surface area contributed by atoms with E-state index < -0.39 is 0 Å². The molecule has 23 heavy (non-hydrogen) atoms. The van der Waals surface area contributed by atoms with Gasteiger partial charge in [-0.2, -0.15) is 0 Å². The fourth-order valence-corrected chi connectivity index (χ4v) is 3.15. The van der Waals surface area contributed by atoms with E-state index in [2.05, 4.69) is 15.0 Å².